The van der Waals surface area contributed by atoms with Crippen LogP contribution in [0.5, 0.6) is 0 Å². The first-order valence-electron chi connectivity index (χ1n) is 7.24. The summed E-state index contributed by atoms with van der Waals surface area (Å²) >= 11 is 3.38. The molecule has 0 spiro atoms. The van der Waals surface area contributed by atoms with Crippen molar-refractivity contribution in [1.29, 1.82) is 0 Å². The Balaban J connectivity index is 0.00000192. The van der Waals surface area contributed by atoms with Crippen LogP contribution >= 0.6 is 28.3 Å². The number of carbonyl (C=O) groups excluding carboxylic acids is 1. The summed E-state index contributed by atoms with van der Waals surface area (Å²) in [5.74, 6) is 0.0644. The topological polar surface area (TPSA) is 85.3 Å². The van der Waals surface area contributed by atoms with Crippen molar-refractivity contribution in [2.75, 3.05) is 6.54 Å². The second-order valence-corrected chi connectivity index (χ2v) is 6.66. The van der Waals surface area contributed by atoms with Gasteiger partial charge >= 0.3 is 5.63 Å². The molecule has 3 N–H and O–H groups in total. The van der Waals surface area contributed by atoms with E-state index in [1.165, 1.54) is 0 Å². The molecule has 1 amide bonds. The maximum atomic E-state index is 12.3. The Hall–Kier alpha value is -1.37. The van der Waals surface area contributed by atoms with Gasteiger partial charge in [-0.3, -0.25) is 4.79 Å². The zero-order valence-corrected chi connectivity index (χ0v) is 15.0. The van der Waals surface area contributed by atoms with Gasteiger partial charge in [-0.2, -0.15) is 0 Å². The Morgan fingerprint density at radius 3 is 2.83 bits per heavy atom. The van der Waals surface area contributed by atoms with Crippen LogP contribution in [0, 0.1) is 12.8 Å². The molecule has 1 unspecified atom stereocenters. The normalized spacial score (nSPS) is 15.1. The summed E-state index contributed by atoms with van der Waals surface area (Å²) in [5, 5.41) is 3.49. The van der Waals surface area contributed by atoms with Crippen molar-refractivity contribution in [2.24, 2.45) is 11.7 Å². The number of carbonyl (C=O) groups is 1. The number of nitrogens with two attached hydrogens (primary N) is 1. The summed E-state index contributed by atoms with van der Waals surface area (Å²) in [6, 6.07) is 5.28. The first-order valence-corrected chi connectivity index (χ1v) is 8.03. The molecule has 0 aliphatic heterocycles. The number of hydrogen-bond acceptors (Lipinski definition) is 4. The van der Waals surface area contributed by atoms with Crippen molar-refractivity contribution in [3.8, 4) is 0 Å². The minimum atomic E-state index is -0.621. The van der Waals surface area contributed by atoms with E-state index in [0.717, 1.165) is 22.7 Å². The molecule has 124 valence electrons. The number of halogens is 2. The van der Waals surface area contributed by atoms with Crippen LogP contribution in [0.1, 0.15) is 28.8 Å². The molecular weight excluding hydrogens is 384 g/mol. The van der Waals surface area contributed by atoms with E-state index < -0.39 is 11.5 Å². The molecule has 7 heteroatoms. The molecular formula is C16H18BrClN2O3. The average Bonchev–Trinajstić information content (AvgIpc) is 3.30. The Morgan fingerprint density at radius 2 is 2.17 bits per heavy atom. The summed E-state index contributed by atoms with van der Waals surface area (Å²) in [5.41, 5.74) is 6.48. The van der Waals surface area contributed by atoms with Gasteiger partial charge in [0.2, 0.25) is 0 Å². The van der Waals surface area contributed by atoms with Gasteiger partial charge in [-0.25, -0.2) is 4.79 Å². The number of amides is 1. The fourth-order valence-corrected chi connectivity index (χ4v) is 2.94. The molecule has 1 aromatic heterocycles. The SMILES string of the molecule is Cc1c(C(=O)NCC(N)C2CC2)c(=O)oc2ccc(Br)cc12.Cl. The summed E-state index contributed by atoms with van der Waals surface area (Å²) in [6.07, 6.45) is 2.23. The second-order valence-electron chi connectivity index (χ2n) is 5.74. The standard InChI is InChI=1S/C16H17BrN2O3.ClH/c1-8-11-6-10(17)4-5-13(11)22-16(21)14(8)15(20)19-7-12(18)9-2-3-9;/h4-6,9,12H,2-3,7,18H2,1H3,(H,19,20);1H. The van der Waals surface area contributed by atoms with E-state index in [2.05, 4.69) is 21.2 Å². The third-order valence-electron chi connectivity index (χ3n) is 4.08. The van der Waals surface area contributed by atoms with Crippen LogP contribution in [0.25, 0.3) is 11.0 Å². The molecule has 0 saturated heterocycles. The summed E-state index contributed by atoms with van der Waals surface area (Å²) < 4.78 is 6.11. The van der Waals surface area contributed by atoms with Gasteiger partial charge in [0.05, 0.1) is 0 Å². The molecule has 1 fully saturated rings. The number of fused-ring (bicyclic) bond motifs is 1. The summed E-state index contributed by atoms with van der Waals surface area (Å²) in [4.78, 5) is 24.4. The Kier molecular flexibility index (Phi) is 5.49. The molecule has 1 aliphatic rings. The van der Waals surface area contributed by atoms with E-state index in [1.807, 2.05) is 6.07 Å². The van der Waals surface area contributed by atoms with Gasteiger partial charge in [-0.05, 0) is 49.4 Å². The summed E-state index contributed by atoms with van der Waals surface area (Å²) in [7, 11) is 0. The Morgan fingerprint density at radius 1 is 1.48 bits per heavy atom. The highest BCUT2D eigenvalue weighted by Crippen LogP contribution is 2.31. The second kappa shape index (κ2) is 7.03. The molecule has 3 rings (SSSR count). The van der Waals surface area contributed by atoms with E-state index in [0.29, 0.717) is 23.6 Å². The van der Waals surface area contributed by atoms with Gasteiger partial charge in [0.25, 0.3) is 5.91 Å². The van der Waals surface area contributed by atoms with Gasteiger partial charge in [-0.1, -0.05) is 15.9 Å². The Bertz CT molecular complexity index is 802. The Labute approximate surface area is 148 Å². The van der Waals surface area contributed by atoms with Gasteiger partial charge < -0.3 is 15.5 Å². The monoisotopic (exact) mass is 400 g/mol. The lowest BCUT2D eigenvalue weighted by molar-refractivity contribution is 0.0946. The van der Waals surface area contributed by atoms with Crippen LogP contribution < -0.4 is 16.7 Å². The van der Waals surface area contributed by atoms with Crippen LogP contribution in [0.15, 0.2) is 31.9 Å². The maximum Gasteiger partial charge on any atom is 0.349 e. The van der Waals surface area contributed by atoms with Crippen molar-refractivity contribution in [1.82, 2.24) is 5.32 Å². The van der Waals surface area contributed by atoms with Crippen molar-refractivity contribution in [3.63, 3.8) is 0 Å². The molecule has 2 aromatic rings. The lowest BCUT2D eigenvalue weighted by Gasteiger charge is -2.12. The third-order valence-corrected chi connectivity index (χ3v) is 4.57. The largest absolute Gasteiger partial charge is 0.422 e. The van der Waals surface area contributed by atoms with Crippen LogP contribution in [-0.2, 0) is 0 Å². The van der Waals surface area contributed by atoms with Crippen molar-refractivity contribution < 1.29 is 9.21 Å². The molecule has 0 bridgehead atoms. The number of benzene rings is 1. The smallest absolute Gasteiger partial charge is 0.349 e. The van der Waals surface area contributed by atoms with Crippen LogP contribution in [0.4, 0.5) is 0 Å². The van der Waals surface area contributed by atoms with Gasteiger partial charge in [0.1, 0.15) is 11.1 Å². The molecule has 1 aromatic carbocycles. The molecule has 1 aliphatic carbocycles. The minimum absolute atomic E-state index is 0. The van der Waals surface area contributed by atoms with E-state index in [-0.39, 0.29) is 24.0 Å². The van der Waals surface area contributed by atoms with Crippen molar-refractivity contribution in [2.45, 2.75) is 25.8 Å². The van der Waals surface area contributed by atoms with E-state index in [1.54, 1.807) is 19.1 Å². The van der Waals surface area contributed by atoms with Crippen molar-refractivity contribution in [3.05, 3.63) is 44.2 Å². The molecule has 1 saturated carbocycles. The molecule has 1 atom stereocenters. The summed E-state index contributed by atoms with van der Waals surface area (Å²) in [6.45, 7) is 2.13. The lowest BCUT2D eigenvalue weighted by atomic mass is 10.1. The quantitative estimate of drug-likeness (QED) is 0.771. The number of nitrogens with one attached hydrogen (secondary N) is 1. The van der Waals surface area contributed by atoms with Crippen LogP contribution in [0.3, 0.4) is 0 Å². The third kappa shape index (κ3) is 3.76. The van der Waals surface area contributed by atoms with E-state index >= 15 is 0 Å². The number of hydrogen-bond donors (Lipinski definition) is 2. The first kappa shape index (κ1) is 18.0. The van der Waals surface area contributed by atoms with Gasteiger partial charge in [0, 0.05) is 22.4 Å². The number of aryl methyl sites for hydroxylation is 1. The fraction of sp³-hybridized carbons (Fsp3) is 0.375. The predicted octanol–water partition coefficient (Wildman–Crippen LogP) is 2.75. The molecule has 1 heterocycles. The van der Waals surface area contributed by atoms with Gasteiger partial charge in [-0.15, -0.1) is 12.4 Å². The van der Waals surface area contributed by atoms with Crippen LogP contribution in [0.2, 0.25) is 0 Å². The van der Waals surface area contributed by atoms with Gasteiger partial charge in [0.15, 0.2) is 0 Å². The maximum absolute atomic E-state index is 12.3. The first-order chi connectivity index (χ1) is 10.5. The van der Waals surface area contributed by atoms with Crippen LogP contribution in [-0.4, -0.2) is 18.5 Å². The molecule has 23 heavy (non-hydrogen) atoms. The predicted molar refractivity (Wildman–Crippen MR) is 95.2 cm³/mol. The average molecular weight is 402 g/mol. The minimum Gasteiger partial charge on any atom is -0.422 e. The van der Waals surface area contributed by atoms with E-state index in [4.69, 9.17) is 10.2 Å². The van der Waals surface area contributed by atoms with E-state index in [9.17, 15) is 9.59 Å². The zero-order valence-electron chi connectivity index (χ0n) is 12.6. The fourth-order valence-electron chi connectivity index (χ4n) is 2.58. The molecule has 5 nitrogen and oxygen atoms in total. The zero-order chi connectivity index (χ0) is 15.9. The highest BCUT2D eigenvalue weighted by molar-refractivity contribution is 9.10. The highest BCUT2D eigenvalue weighted by Gasteiger charge is 2.29. The van der Waals surface area contributed by atoms with Crippen molar-refractivity contribution >= 4 is 45.2 Å². The number of rotatable bonds is 4. The molecule has 0 radical (unpaired) electrons. The highest BCUT2D eigenvalue weighted by atomic mass is 79.9. The lowest BCUT2D eigenvalue weighted by Crippen LogP contribution is -2.40.